The van der Waals surface area contributed by atoms with Crippen LogP contribution in [-0.4, -0.2) is 36.3 Å². The smallest absolute Gasteiger partial charge is 0.274 e. The first-order chi connectivity index (χ1) is 13.0. The molecule has 0 atom stereocenters. The minimum Gasteiger partial charge on any atom is -0.325 e. The van der Waals surface area contributed by atoms with E-state index in [0.29, 0.717) is 22.2 Å². The molecule has 0 saturated heterocycles. The lowest BCUT2D eigenvalue weighted by atomic mass is 10.2. The number of thioether (sulfide) groups is 1. The first-order valence-corrected chi connectivity index (χ1v) is 8.91. The average Bonchev–Trinajstić information content (AvgIpc) is 3.02. The number of amides is 1. The molecule has 0 saturated carbocycles. The second-order valence-electron chi connectivity index (χ2n) is 5.70. The summed E-state index contributed by atoms with van der Waals surface area (Å²) in [5, 5.41) is 22.5. The van der Waals surface area contributed by atoms with Gasteiger partial charge in [-0.15, -0.1) is 10.2 Å². The Morgan fingerprint density at radius 3 is 2.85 bits per heavy atom. The number of anilines is 1. The van der Waals surface area contributed by atoms with Gasteiger partial charge in [0.2, 0.25) is 5.91 Å². The Balaban J connectivity index is 1.64. The molecule has 9 nitrogen and oxygen atoms in total. The van der Waals surface area contributed by atoms with Crippen LogP contribution in [-0.2, 0) is 11.8 Å². The molecule has 2 aromatic heterocycles. The average molecular weight is 384 g/mol. The van der Waals surface area contributed by atoms with Crippen LogP contribution in [0.3, 0.4) is 0 Å². The Kier molecular flexibility index (Phi) is 5.46. The third-order valence-electron chi connectivity index (χ3n) is 3.78. The predicted octanol–water partition coefficient (Wildman–Crippen LogP) is 2.82. The van der Waals surface area contributed by atoms with Crippen molar-refractivity contribution >= 4 is 29.0 Å². The van der Waals surface area contributed by atoms with Crippen molar-refractivity contribution in [2.75, 3.05) is 11.1 Å². The normalized spacial score (nSPS) is 10.6. The van der Waals surface area contributed by atoms with Crippen LogP contribution in [0.25, 0.3) is 11.4 Å². The monoisotopic (exact) mass is 384 g/mol. The SMILES string of the molecule is Cc1ccc(NC(=O)CSc2nnc(-c3cccnc3)n2C)cc1[N+](=O)[O-]. The van der Waals surface area contributed by atoms with Crippen molar-refractivity contribution in [2.45, 2.75) is 12.1 Å². The molecule has 138 valence electrons. The third-order valence-corrected chi connectivity index (χ3v) is 4.80. The molecule has 0 aliphatic heterocycles. The molecule has 1 amide bonds. The molecular formula is C17H16N6O3S. The first kappa shape index (κ1) is 18.5. The topological polar surface area (TPSA) is 116 Å². The van der Waals surface area contributed by atoms with Gasteiger partial charge in [-0.25, -0.2) is 0 Å². The number of aryl methyl sites for hydroxylation is 1. The van der Waals surface area contributed by atoms with Gasteiger partial charge in [0.25, 0.3) is 5.69 Å². The van der Waals surface area contributed by atoms with E-state index >= 15 is 0 Å². The van der Waals surface area contributed by atoms with E-state index < -0.39 is 4.92 Å². The van der Waals surface area contributed by atoms with Gasteiger partial charge in [-0.05, 0) is 25.1 Å². The van der Waals surface area contributed by atoms with Gasteiger partial charge in [-0.3, -0.25) is 19.9 Å². The van der Waals surface area contributed by atoms with Gasteiger partial charge in [0, 0.05) is 42.3 Å². The molecule has 27 heavy (non-hydrogen) atoms. The minimum absolute atomic E-state index is 0.0325. The zero-order valence-electron chi connectivity index (χ0n) is 14.6. The summed E-state index contributed by atoms with van der Waals surface area (Å²) in [6, 6.07) is 8.27. The third kappa shape index (κ3) is 4.29. The van der Waals surface area contributed by atoms with E-state index in [9.17, 15) is 14.9 Å². The summed E-state index contributed by atoms with van der Waals surface area (Å²) in [6.07, 6.45) is 3.37. The lowest BCUT2D eigenvalue weighted by Gasteiger charge is -2.06. The molecule has 2 heterocycles. The van der Waals surface area contributed by atoms with Crippen molar-refractivity contribution in [3.05, 3.63) is 58.4 Å². The van der Waals surface area contributed by atoms with Gasteiger partial charge < -0.3 is 9.88 Å². The lowest BCUT2D eigenvalue weighted by Crippen LogP contribution is -2.14. The Bertz CT molecular complexity index is 990. The number of carbonyl (C=O) groups is 1. The molecular weight excluding hydrogens is 368 g/mol. The molecule has 0 spiro atoms. The van der Waals surface area contributed by atoms with Gasteiger partial charge in [0.15, 0.2) is 11.0 Å². The fraction of sp³-hybridized carbons (Fsp3) is 0.176. The first-order valence-electron chi connectivity index (χ1n) is 7.93. The number of pyridine rings is 1. The molecule has 0 unspecified atom stereocenters. The van der Waals surface area contributed by atoms with Crippen molar-refractivity contribution < 1.29 is 9.72 Å². The van der Waals surface area contributed by atoms with Crippen molar-refractivity contribution in [1.82, 2.24) is 19.7 Å². The highest BCUT2D eigenvalue weighted by atomic mass is 32.2. The number of hydrogen-bond donors (Lipinski definition) is 1. The second-order valence-corrected chi connectivity index (χ2v) is 6.64. The molecule has 0 bridgehead atoms. The van der Waals surface area contributed by atoms with Crippen LogP contribution in [0, 0.1) is 17.0 Å². The molecule has 1 aromatic carbocycles. The summed E-state index contributed by atoms with van der Waals surface area (Å²) >= 11 is 1.23. The summed E-state index contributed by atoms with van der Waals surface area (Å²) in [5.41, 5.74) is 1.71. The van der Waals surface area contributed by atoms with Gasteiger partial charge in [0.05, 0.1) is 10.7 Å². The zero-order chi connectivity index (χ0) is 19.4. The maximum Gasteiger partial charge on any atom is 0.274 e. The van der Waals surface area contributed by atoms with Gasteiger partial charge in [0.1, 0.15) is 0 Å². The standard InChI is InChI=1S/C17H16N6O3S/c1-11-5-6-13(8-14(11)23(25)26)19-15(24)10-27-17-21-20-16(22(17)2)12-4-3-7-18-9-12/h3-9H,10H2,1-2H3,(H,19,24). The fourth-order valence-corrected chi connectivity index (χ4v) is 3.11. The maximum absolute atomic E-state index is 12.2. The predicted molar refractivity (Wildman–Crippen MR) is 101 cm³/mol. The number of nitro groups is 1. The van der Waals surface area contributed by atoms with Crippen LogP contribution >= 0.6 is 11.8 Å². The van der Waals surface area contributed by atoms with Gasteiger partial charge in [-0.2, -0.15) is 0 Å². The number of nitrogens with one attached hydrogen (secondary N) is 1. The summed E-state index contributed by atoms with van der Waals surface area (Å²) in [5.74, 6) is 0.463. The second kappa shape index (κ2) is 7.96. The number of aromatic nitrogens is 4. The Morgan fingerprint density at radius 1 is 1.33 bits per heavy atom. The van der Waals surface area contributed by atoms with Crippen LogP contribution < -0.4 is 5.32 Å². The Labute approximate surface area is 159 Å². The van der Waals surface area contributed by atoms with E-state index in [1.807, 2.05) is 19.2 Å². The maximum atomic E-state index is 12.2. The van der Waals surface area contributed by atoms with Crippen LogP contribution in [0.4, 0.5) is 11.4 Å². The molecule has 10 heteroatoms. The molecule has 1 N–H and O–H groups in total. The zero-order valence-corrected chi connectivity index (χ0v) is 15.4. The van der Waals surface area contributed by atoms with Crippen LogP contribution in [0.5, 0.6) is 0 Å². The lowest BCUT2D eigenvalue weighted by molar-refractivity contribution is -0.385. The van der Waals surface area contributed by atoms with E-state index in [1.54, 1.807) is 36.0 Å². The molecule has 0 aliphatic carbocycles. The van der Waals surface area contributed by atoms with E-state index in [0.717, 1.165) is 5.56 Å². The molecule has 3 aromatic rings. The van der Waals surface area contributed by atoms with Gasteiger partial charge in [-0.1, -0.05) is 17.8 Å². The van der Waals surface area contributed by atoms with Crippen molar-refractivity contribution in [3.63, 3.8) is 0 Å². The fourth-order valence-electron chi connectivity index (χ4n) is 2.40. The van der Waals surface area contributed by atoms with Crippen LogP contribution in [0.1, 0.15) is 5.56 Å². The number of rotatable bonds is 6. The number of hydrogen-bond acceptors (Lipinski definition) is 7. The molecule has 0 aliphatic rings. The highest BCUT2D eigenvalue weighted by molar-refractivity contribution is 7.99. The Hall–Kier alpha value is -3.27. The number of nitrogens with zero attached hydrogens (tertiary/aromatic N) is 5. The number of carbonyl (C=O) groups excluding carboxylic acids is 1. The largest absolute Gasteiger partial charge is 0.325 e. The van der Waals surface area contributed by atoms with E-state index in [-0.39, 0.29) is 17.3 Å². The Morgan fingerprint density at radius 2 is 2.15 bits per heavy atom. The van der Waals surface area contributed by atoms with Crippen LogP contribution in [0.15, 0.2) is 47.9 Å². The highest BCUT2D eigenvalue weighted by Gasteiger charge is 2.15. The van der Waals surface area contributed by atoms with Crippen LogP contribution in [0.2, 0.25) is 0 Å². The summed E-state index contributed by atoms with van der Waals surface area (Å²) < 4.78 is 1.78. The summed E-state index contributed by atoms with van der Waals surface area (Å²) in [4.78, 5) is 26.7. The van der Waals surface area contributed by atoms with Crippen molar-refractivity contribution in [3.8, 4) is 11.4 Å². The van der Waals surface area contributed by atoms with Crippen molar-refractivity contribution in [1.29, 1.82) is 0 Å². The van der Waals surface area contributed by atoms with E-state index in [2.05, 4.69) is 20.5 Å². The number of benzene rings is 1. The van der Waals surface area contributed by atoms with E-state index in [4.69, 9.17) is 0 Å². The molecule has 0 fully saturated rings. The van der Waals surface area contributed by atoms with Crippen molar-refractivity contribution in [2.24, 2.45) is 7.05 Å². The highest BCUT2D eigenvalue weighted by Crippen LogP contribution is 2.24. The minimum atomic E-state index is -0.473. The van der Waals surface area contributed by atoms with E-state index in [1.165, 1.54) is 17.8 Å². The number of nitro benzene ring substituents is 1. The molecule has 3 rings (SSSR count). The quantitative estimate of drug-likeness (QED) is 0.394. The van der Waals surface area contributed by atoms with Gasteiger partial charge >= 0.3 is 0 Å². The molecule has 0 radical (unpaired) electrons. The summed E-state index contributed by atoms with van der Waals surface area (Å²) in [7, 11) is 1.81. The summed E-state index contributed by atoms with van der Waals surface area (Å²) in [6.45, 7) is 1.65.